The number of hydrogen-bond donors (Lipinski definition) is 1. The Hall–Kier alpha value is -1.16. The van der Waals surface area contributed by atoms with Crippen LogP contribution in [0.5, 0.6) is 0 Å². The SMILES string of the molecule is CCC/C=C/CCC1N=CC[N+]1(CC)C(C)NC(C)=O. The molecule has 4 nitrogen and oxygen atoms in total. The molecule has 3 atom stereocenters. The minimum Gasteiger partial charge on any atom is -0.307 e. The van der Waals surface area contributed by atoms with Crippen LogP contribution >= 0.6 is 0 Å². The van der Waals surface area contributed by atoms with E-state index in [1.807, 2.05) is 6.21 Å². The summed E-state index contributed by atoms with van der Waals surface area (Å²) in [6, 6.07) is 0. The first-order valence-corrected chi connectivity index (χ1v) is 7.87. The van der Waals surface area contributed by atoms with Crippen molar-refractivity contribution in [3.8, 4) is 0 Å². The van der Waals surface area contributed by atoms with Gasteiger partial charge in [-0.15, -0.1) is 0 Å². The maximum Gasteiger partial charge on any atom is 0.221 e. The third-order valence-corrected chi connectivity index (χ3v) is 4.28. The lowest BCUT2D eigenvalue weighted by Gasteiger charge is -2.42. The number of allylic oxidation sites excluding steroid dienone is 2. The number of nitrogens with one attached hydrogen (secondary N) is 1. The summed E-state index contributed by atoms with van der Waals surface area (Å²) >= 11 is 0. The first-order valence-electron chi connectivity index (χ1n) is 7.87. The van der Waals surface area contributed by atoms with Crippen LogP contribution in [-0.2, 0) is 4.79 Å². The summed E-state index contributed by atoms with van der Waals surface area (Å²) in [5, 5.41) is 3.05. The standard InChI is InChI=1S/C16H29N3O/c1-5-7-8-9-10-11-16-17-12-13-19(16,6-2)14(3)18-15(4)20/h8-9,12,14,16H,5-7,10-11,13H2,1-4H3/p+1/b9-8+. The number of quaternary nitrogens is 1. The topological polar surface area (TPSA) is 41.5 Å². The van der Waals surface area contributed by atoms with Gasteiger partial charge in [0.25, 0.3) is 0 Å². The van der Waals surface area contributed by atoms with Crippen molar-refractivity contribution in [3.05, 3.63) is 12.2 Å². The molecule has 1 rings (SSSR count). The van der Waals surface area contributed by atoms with Crippen LogP contribution in [0.25, 0.3) is 0 Å². The first kappa shape index (κ1) is 16.9. The summed E-state index contributed by atoms with van der Waals surface area (Å²) in [7, 11) is 0. The highest BCUT2D eigenvalue weighted by Gasteiger charge is 2.42. The normalized spacial score (nSPS) is 27.1. The van der Waals surface area contributed by atoms with Crippen LogP contribution in [0.1, 0.15) is 53.4 Å². The Morgan fingerprint density at radius 2 is 2.15 bits per heavy atom. The van der Waals surface area contributed by atoms with Crippen LogP contribution in [-0.4, -0.2) is 42.0 Å². The van der Waals surface area contributed by atoms with E-state index in [1.165, 1.54) is 6.42 Å². The molecule has 1 amide bonds. The van der Waals surface area contributed by atoms with Gasteiger partial charge in [-0.05, 0) is 19.8 Å². The second-order valence-electron chi connectivity index (χ2n) is 5.63. The van der Waals surface area contributed by atoms with Gasteiger partial charge in [0, 0.05) is 20.3 Å². The second-order valence-corrected chi connectivity index (χ2v) is 5.63. The van der Waals surface area contributed by atoms with Crippen molar-refractivity contribution in [2.45, 2.75) is 65.7 Å². The highest BCUT2D eigenvalue weighted by atomic mass is 16.1. The molecule has 0 saturated carbocycles. The average molecular weight is 280 g/mol. The molecule has 0 spiro atoms. The van der Waals surface area contributed by atoms with Crippen LogP contribution in [0.3, 0.4) is 0 Å². The van der Waals surface area contributed by atoms with Gasteiger partial charge in [0.2, 0.25) is 5.91 Å². The molecular formula is C16H30N3O+. The van der Waals surface area contributed by atoms with Crippen LogP contribution in [0.4, 0.5) is 0 Å². The molecule has 1 N–H and O–H groups in total. The zero-order chi connectivity index (χ0) is 15.0. The summed E-state index contributed by atoms with van der Waals surface area (Å²) in [5.74, 6) is 0.0388. The Labute approximate surface area is 123 Å². The smallest absolute Gasteiger partial charge is 0.221 e. The molecule has 1 heterocycles. The van der Waals surface area contributed by atoms with E-state index < -0.39 is 0 Å². The summed E-state index contributed by atoms with van der Waals surface area (Å²) in [6.07, 6.45) is 11.4. The molecule has 0 aliphatic carbocycles. The van der Waals surface area contributed by atoms with E-state index in [4.69, 9.17) is 0 Å². The number of unbranched alkanes of at least 4 members (excludes halogenated alkanes) is 1. The number of nitrogens with zero attached hydrogens (tertiary/aromatic N) is 2. The van der Waals surface area contributed by atoms with Crippen molar-refractivity contribution >= 4 is 12.1 Å². The zero-order valence-electron chi connectivity index (χ0n) is 13.4. The molecule has 20 heavy (non-hydrogen) atoms. The quantitative estimate of drug-likeness (QED) is 0.539. The molecule has 0 aromatic carbocycles. The van der Waals surface area contributed by atoms with Crippen LogP contribution in [0.2, 0.25) is 0 Å². The van der Waals surface area contributed by atoms with Gasteiger partial charge in [-0.1, -0.05) is 25.5 Å². The molecule has 4 heteroatoms. The molecule has 1 aliphatic rings. The third kappa shape index (κ3) is 4.17. The number of carbonyl (C=O) groups excluding carboxylic acids is 1. The van der Waals surface area contributed by atoms with E-state index >= 15 is 0 Å². The molecule has 114 valence electrons. The molecule has 0 aromatic heterocycles. The minimum atomic E-state index is 0.0388. The molecule has 0 bridgehead atoms. The molecule has 0 aromatic rings. The minimum absolute atomic E-state index is 0.0388. The number of amides is 1. The second kappa shape index (κ2) is 8.20. The molecule has 3 unspecified atom stereocenters. The van der Waals surface area contributed by atoms with Crippen molar-refractivity contribution in [1.82, 2.24) is 5.32 Å². The van der Waals surface area contributed by atoms with Crippen molar-refractivity contribution in [2.75, 3.05) is 13.1 Å². The van der Waals surface area contributed by atoms with Crippen molar-refractivity contribution in [2.24, 2.45) is 4.99 Å². The maximum absolute atomic E-state index is 11.3. The van der Waals surface area contributed by atoms with Gasteiger partial charge in [-0.25, -0.2) is 4.99 Å². The van der Waals surface area contributed by atoms with Crippen LogP contribution in [0, 0.1) is 0 Å². The van der Waals surface area contributed by atoms with Crippen molar-refractivity contribution in [3.63, 3.8) is 0 Å². The van der Waals surface area contributed by atoms with E-state index in [0.29, 0.717) is 0 Å². The summed E-state index contributed by atoms with van der Waals surface area (Å²) in [4.78, 5) is 16.0. The predicted octanol–water partition coefficient (Wildman–Crippen LogP) is 2.85. The third-order valence-electron chi connectivity index (χ3n) is 4.28. The maximum atomic E-state index is 11.3. The molecular weight excluding hydrogens is 250 g/mol. The Kier molecular flexibility index (Phi) is 6.93. The fourth-order valence-corrected chi connectivity index (χ4v) is 3.01. The fraction of sp³-hybridized carbons (Fsp3) is 0.750. The predicted molar refractivity (Wildman–Crippen MR) is 84.5 cm³/mol. The lowest BCUT2D eigenvalue weighted by molar-refractivity contribution is -0.959. The lowest BCUT2D eigenvalue weighted by Crippen LogP contribution is -2.63. The molecule has 0 saturated heterocycles. The Morgan fingerprint density at radius 1 is 1.45 bits per heavy atom. The molecule has 0 fully saturated rings. The Balaban J connectivity index is 2.62. The first-order chi connectivity index (χ1) is 9.56. The van der Waals surface area contributed by atoms with Crippen LogP contribution in [0.15, 0.2) is 17.1 Å². The number of rotatable bonds is 8. The van der Waals surface area contributed by atoms with Gasteiger partial charge in [-0.2, -0.15) is 0 Å². The van der Waals surface area contributed by atoms with Gasteiger partial charge in [0.05, 0.1) is 12.8 Å². The Bertz CT molecular complexity index is 365. The van der Waals surface area contributed by atoms with E-state index in [1.54, 1.807) is 6.92 Å². The number of hydrogen-bond acceptors (Lipinski definition) is 2. The van der Waals surface area contributed by atoms with Gasteiger partial charge in [-0.3, -0.25) is 9.28 Å². The number of carbonyl (C=O) groups is 1. The van der Waals surface area contributed by atoms with Crippen molar-refractivity contribution < 1.29 is 9.28 Å². The zero-order valence-corrected chi connectivity index (χ0v) is 13.4. The van der Waals surface area contributed by atoms with E-state index in [9.17, 15) is 4.79 Å². The summed E-state index contributed by atoms with van der Waals surface area (Å²) < 4.78 is 0.848. The molecule has 1 aliphatic heterocycles. The number of aliphatic imine (C=N–C) groups is 1. The fourth-order valence-electron chi connectivity index (χ4n) is 3.01. The van der Waals surface area contributed by atoms with E-state index in [2.05, 4.69) is 43.2 Å². The lowest BCUT2D eigenvalue weighted by atomic mass is 10.1. The van der Waals surface area contributed by atoms with Gasteiger partial charge < -0.3 is 5.32 Å². The van der Waals surface area contributed by atoms with Gasteiger partial charge in [0.15, 0.2) is 12.3 Å². The summed E-state index contributed by atoms with van der Waals surface area (Å²) in [6.45, 7) is 9.97. The highest BCUT2D eigenvalue weighted by Crippen LogP contribution is 2.26. The largest absolute Gasteiger partial charge is 0.307 e. The van der Waals surface area contributed by atoms with Gasteiger partial charge >= 0.3 is 0 Å². The highest BCUT2D eigenvalue weighted by molar-refractivity contribution is 5.73. The van der Waals surface area contributed by atoms with Gasteiger partial charge in [0.1, 0.15) is 6.54 Å². The van der Waals surface area contributed by atoms with Crippen LogP contribution < -0.4 is 5.32 Å². The van der Waals surface area contributed by atoms with E-state index in [0.717, 1.165) is 36.8 Å². The Morgan fingerprint density at radius 3 is 2.75 bits per heavy atom. The monoisotopic (exact) mass is 280 g/mol. The van der Waals surface area contributed by atoms with E-state index in [-0.39, 0.29) is 18.2 Å². The average Bonchev–Trinajstić information content (AvgIpc) is 2.82. The molecule has 0 radical (unpaired) electrons. The van der Waals surface area contributed by atoms with Crippen molar-refractivity contribution in [1.29, 1.82) is 0 Å². The summed E-state index contributed by atoms with van der Waals surface area (Å²) in [5.41, 5.74) is 0.